The second-order valence-electron chi connectivity index (χ2n) is 7.68. The monoisotopic (exact) mass is 469 g/mol. The van der Waals surface area contributed by atoms with Gasteiger partial charge in [0.25, 0.3) is 0 Å². The Kier molecular flexibility index (Phi) is 8.58. The van der Waals surface area contributed by atoms with Crippen LogP contribution in [0.25, 0.3) is 0 Å². The minimum Gasteiger partial charge on any atom is -0.282 e. The second-order valence-corrected chi connectivity index (χ2v) is 8.93. The molecule has 2 rings (SSSR count). The highest BCUT2D eigenvalue weighted by molar-refractivity contribution is 14.1. The molecular weight excluding hydrogens is 437 g/mol. The van der Waals surface area contributed by atoms with Gasteiger partial charge in [0.05, 0.1) is 5.92 Å². The summed E-state index contributed by atoms with van der Waals surface area (Å²) in [4.78, 5) is 26.9. The summed E-state index contributed by atoms with van der Waals surface area (Å²) in [5, 5.41) is 0. The van der Waals surface area contributed by atoms with Crippen molar-refractivity contribution in [1.29, 1.82) is 0 Å². The normalized spacial score (nSPS) is 21.5. The minimum atomic E-state index is -0.187. The number of halogens is 1. The molecule has 4 heteroatoms. The number of carbonyl (C=O) groups is 2. The Hall–Kier alpha value is -0.910. The lowest BCUT2D eigenvalue weighted by Gasteiger charge is -2.18. The topological polar surface area (TPSA) is 37.4 Å². The number of hydrogen-bond acceptors (Lipinski definition) is 2. The molecule has 144 valence electrons. The van der Waals surface area contributed by atoms with Crippen molar-refractivity contribution in [3.05, 3.63) is 33.4 Å². The van der Waals surface area contributed by atoms with Crippen LogP contribution in [0, 0.1) is 15.4 Å². The van der Waals surface area contributed by atoms with E-state index in [9.17, 15) is 9.59 Å². The molecular formula is C22H32INO2. The van der Waals surface area contributed by atoms with Gasteiger partial charge in [-0.15, -0.1) is 0 Å². The molecule has 3 unspecified atom stereocenters. The highest BCUT2D eigenvalue weighted by Crippen LogP contribution is 2.35. The summed E-state index contributed by atoms with van der Waals surface area (Å²) in [6.45, 7) is 6.89. The number of likely N-dealkylation sites (tertiary alicyclic amines) is 1. The van der Waals surface area contributed by atoms with E-state index in [0.717, 1.165) is 19.3 Å². The summed E-state index contributed by atoms with van der Waals surface area (Å²) in [5.74, 6) is 0.00290. The van der Waals surface area contributed by atoms with E-state index in [-0.39, 0.29) is 29.6 Å². The van der Waals surface area contributed by atoms with Crippen molar-refractivity contribution >= 4 is 34.4 Å². The number of amides is 2. The van der Waals surface area contributed by atoms with Crippen LogP contribution in [0.2, 0.25) is 0 Å². The lowest BCUT2D eigenvalue weighted by molar-refractivity contribution is -0.140. The predicted octanol–water partition coefficient (Wildman–Crippen LogP) is 5.77. The Labute approximate surface area is 172 Å². The Bertz CT molecular complexity index is 616. The third-order valence-corrected chi connectivity index (χ3v) is 6.27. The molecule has 1 heterocycles. The largest absolute Gasteiger partial charge is 0.282 e. The number of rotatable bonds is 10. The molecule has 1 aromatic rings. The van der Waals surface area contributed by atoms with E-state index in [1.165, 1.54) is 39.7 Å². The van der Waals surface area contributed by atoms with Gasteiger partial charge in [-0.1, -0.05) is 65.0 Å². The van der Waals surface area contributed by atoms with Crippen LogP contribution in [0.15, 0.2) is 24.3 Å². The summed E-state index contributed by atoms with van der Waals surface area (Å²) in [6.07, 6.45) is 7.76. The van der Waals surface area contributed by atoms with Gasteiger partial charge in [0.1, 0.15) is 0 Å². The van der Waals surface area contributed by atoms with E-state index < -0.39 is 0 Å². The van der Waals surface area contributed by atoms with Crippen molar-refractivity contribution < 1.29 is 9.59 Å². The summed E-state index contributed by atoms with van der Waals surface area (Å²) >= 11 is 2.32. The van der Waals surface area contributed by atoms with Crippen LogP contribution >= 0.6 is 22.6 Å². The highest BCUT2D eigenvalue weighted by Gasteiger charge is 2.44. The van der Waals surface area contributed by atoms with E-state index in [4.69, 9.17) is 0 Å². The predicted molar refractivity (Wildman–Crippen MR) is 115 cm³/mol. The van der Waals surface area contributed by atoms with Gasteiger partial charge in [0, 0.05) is 16.0 Å². The molecule has 0 bridgehead atoms. The van der Waals surface area contributed by atoms with E-state index in [1.807, 2.05) is 6.92 Å². The number of carbonyl (C=O) groups excluding carboxylic acids is 2. The van der Waals surface area contributed by atoms with Gasteiger partial charge in [-0.05, 0) is 59.0 Å². The lowest BCUT2D eigenvalue weighted by atomic mass is 9.85. The maximum atomic E-state index is 12.8. The average Bonchev–Trinajstić information content (AvgIpc) is 2.82. The first kappa shape index (κ1) is 21.4. The van der Waals surface area contributed by atoms with Crippen LogP contribution in [-0.2, 0) is 9.59 Å². The smallest absolute Gasteiger partial charge is 0.233 e. The van der Waals surface area contributed by atoms with Gasteiger partial charge in [0.15, 0.2) is 0 Å². The molecule has 0 saturated carbocycles. The molecule has 26 heavy (non-hydrogen) atoms. The molecule has 1 aliphatic rings. The SMILES string of the molecule is CCCCCCCCN1C(=O)C(C)C(CC(C)c2cccc(I)c2)C1=O. The fraction of sp³-hybridized carbons (Fsp3) is 0.636. The average molecular weight is 469 g/mol. The zero-order chi connectivity index (χ0) is 19.1. The molecule has 0 N–H and O–H groups in total. The molecule has 1 aliphatic heterocycles. The van der Waals surface area contributed by atoms with Gasteiger partial charge in [-0.3, -0.25) is 14.5 Å². The highest BCUT2D eigenvalue weighted by atomic mass is 127. The van der Waals surface area contributed by atoms with E-state index in [1.54, 1.807) is 0 Å². The van der Waals surface area contributed by atoms with E-state index in [2.05, 4.69) is 60.7 Å². The third-order valence-electron chi connectivity index (χ3n) is 5.60. The molecule has 0 spiro atoms. The van der Waals surface area contributed by atoms with Crippen LogP contribution in [0.3, 0.4) is 0 Å². The Balaban J connectivity index is 1.89. The number of nitrogens with zero attached hydrogens (tertiary/aromatic N) is 1. The van der Waals surface area contributed by atoms with E-state index >= 15 is 0 Å². The van der Waals surface area contributed by atoms with Crippen molar-refractivity contribution in [2.45, 2.75) is 71.6 Å². The molecule has 0 radical (unpaired) electrons. The van der Waals surface area contributed by atoms with Crippen LogP contribution in [0.1, 0.15) is 77.2 Å². The summed E-state index contributed by atoms with van der Waals surface area (Å²) in [6, 6.07) is 8.42. The zero-order valence-electron chi connectivity index (χ0n) is 16.3. The molecule has 1 aromatic carbocycles. The summed E-state index contributed by atoms with van der Waals surface area (Å²) in [7, 11) is 0. The molecule has 2 amide bonds. The summed E-state index contributed by atoms with van der Waals surface area (Å²) in [5.41, 5.74) is 1.25. The van der Waals surface area contributed by atoms with Crippen LogP contribution in [0.4, 0.5) is 0 Å². The van der Waals surface area contributed by atoms with Crippen molar-refractivity contribution in [3.8, 4) is 0 Å². The molecule has 3 atom stereocenters. The lowest BCUT2D eigenvalue weighted by Crippen LogP contribution is -2.32. The maximum Gasteiger partial charge on any atom is 0.233 e. The molecule has 1 saturated heterocycles. The number of unbranched alkanes of at least 4 members (excludes halogenated alkanes) is 5. The Morgan fingerprint density at radius 3 is 2.46 bits per heavy atom. The summed E-state index contributed by atoms with van der Waals surface area (Å²) < 4.78 is 1.21. The van der Waals surface area contributed by atoms with Crippen LogP contribution < -0.4 is 0 Å². The first-order chi connectivity index (χ1) is 12.5. The molecule has 0 aromatic heterocycles. The van der Waals surface area contributed by atoms with Crippen molar-refractivity contribution in [2.75, 3.05) is 6.54 Å². The zero-order valence-corrected chi connectivity index (χ0v) is 18.5. The van der Waals surface area contributed by atoms with Crippen LogP contribution in [-0.4, -0.2) is 23.3 Å². The fourth-order valence-corrected chi connectivity index (χ4v) is 4.41. The van der Waals surface area contributed by atoms with Gasteiger partial charge in [-0.25, -0.2) is 0 Å². The van der Waals surface area contributed by atoms with Gasteiger partial charge in [-0.2, -0.15) is 0 Å². The van der Waals surface area contributed by atoms with Gasteiger partial charge < -0.3 is 0 Å². The quantitative estimate of drug-likeness (QED) is 0.248. The first-order valence-electron chi connectivity index (χ1n) is 10.1. The first-order valence-corrected chi connectivity index (χ1v) is 11.1. The number of imide groups is 1. The van der Waals surface area contributed by atoms with Crippen molar-refractivity contribution in [1.82, 2.24) is 4.90 Å². The van der Waals surface area contributed by atoms with Gasteiger partial charge >= 0.3 is 0 Å². The third kappa shape index (κ3) is 5.54. The Morgan fingerprint density at radius 2 is 1.77 bits per heavy atom. The maximum absolute atomic E-state index is 12.8. The van der Waals surface area contributed by atoms with E-state index in [0.29, 0.717) is 6.54 Å². The van der Waals surface area contributed by atoms with Crippen LogP contribution in [0.5, 0.6) is 0 Å². The molecule has 3 nitrogen and oxygen atoms in total. The Morgan fingerprint density at radius 1 is 1.08 bits per heavy atom. The number of benzene rings is 1. The number of hydrogen-bond donors (Lipinski definition) is 0. The second kappa shape index (κ2) is 10.4. The molecule has 0 aliphatic carbocycles. The van der Waals surface area contributed by atoms with Crippen molar-refractivity contribution in [3.63, 3.8) is 0 Å². The minimum absolute atomic E-state index is 0.0309. The van der Waals surface area contributed by atoms with Crippen molar-refractivity contribution in [2.24, 2.45) is 11.8 Å². The fourth-order valence-electron chi connectivity index (χ4n) is 3.85. The molecule has 1 fully saturated rings. The standard InChI is InChI=1S/C22H32INO2/c1-4-5-6-7-8-9-13-24-21(25)17(3)20(22(24)26)14-16(2)18-11-10-12-19(23)15-18/h10-12,15-17,20H,4-9,13-14H2,1-3H3. The van der Waals surface area contributed by atoms with Gasteiger partial charge in [0.2, 0.25) is 11.8 Å².